The standard InChI is InChI=1S/C34H34N6O4/c1-38(19-14-35)28-13-12-27-30-23(28)8-4-11-26(30)33(43)40(34(27)44)21-18-37-16-5-15-36-17-20-39-31(41)24-9-2-6-22-7-3-10-25(29(22)24)32(39)42/h2-4,6-14,19,36-37H,5,15-18,20-21,35H2,1H3/b19-14-. The van der Waals surface area contributed by atoms with Gasteiger partial charge in [0.2, 0.25) is 0 Å². The number of rotatable bonds is 12. The predicted molar refractivity (Wildman–Crippen MR) is 171 cm³/mol. The lowest BCUT2D eigenvalue weighted by Crippen LogP contribution is -2.44. The Morgan fingerprint density at radius 2 is 1.16 bits per heavy atom. The second kappa shape index (κ2) is 12.3. The molecule has 0 aromatic heterocycles. The fourth-order valence-electron chi connectivity index (χ4n) is 6.10. The Morgan fingerprint density at radius 3 is 1.70 bits per heavy atom. The minimum Gasteiger partial charge on any atom is -0.403 e. The van der Waals surface area contributed by atoms with Crippen molar-refractivity contribution in [2.24, 2.45) is 5.73 Å². The highest BCUT2D eigenvalue weighted by Crippen LogP contribution is 2.36. The molecule has 0 aliphatic carbocycles. The van der Waals surface area contributed by atoms with Gasteiger partial charge >= 0.3 is 0 Å². The fourth-order valence-corrected chi connectivity index (χ4v) is 6.10. The van der Waals surface area contributed by atoms with E-state index in [0.29, 0.717) is 53.8 Å². The van der Waals surface area contributed by atoms with E-state index in [1.165, 1.54) is 16.0 Å². The van der Waals surface area contributed by atoms with Crippen LogP contribution in [0.25, 0.3) is 21.5 Å². The van der Waals surface area contributed by atoms with Gasteiger partial charge in [0.25, 0.3) is 23.6 Å². The Balaban J connectivity index is 0.962. The minimum absolute atomic E-state index is 0.256. The van der Waals surface area contributed by atoms with Crippen LogP contribution in [0.3, 0.4) is 0 Å². The third-order valence-electron chi connectivity index (χ3n) is 8.25. The van der Waals surface area contributed by atoms with E-state index in [1.807, 2.05) is 54.4 Å². The summed E-state index contributed by atoms with van der Waals surface area (Å²) in [6.45, 7) is 2.85. The first-order chi connectivity index (χ1) is 21.4. The number of amides is 4. The summed E-state index contributed by atoms with van der Waals surface area (Å²) >= 11 is 0. The summed E-state index contributed by atoms with van der Waals surface area (Å²) in [4.78, 5) is 57.2. The summed E-state index contributed by atoms with van der Waals surface area (Å²) in [5.74, 6) is -1.13. The van der Waals surface area contributed by atoms with E-state index in [-0.39, 0.29) is 36.7 Å². The lowest BCUT2D eigenvalue weighted by atomic mass is 9.93. The number of carbonyl (C=O) groups is 4. The molecule has 4 N–H and O–H groups in total. The van der Waals surface area contributed by atoms with Crippen LogP contribution in [0.4, 0.5) is 5.69 Å². The monoisotopic (exact) mass is 590 g/mol. The molecule has 6 rings (SSSR count). The van der Waals surface area contributed by atoms with Crippen molar-refractivity contribution in [1.82, 2.24) is 20.4 Å². The van der Waals surface area contributed by atoms with Crippen LogP contribution in [-0.2, 0) is 0 Å². The molecule has 0 saturated heterocycles. The van der Waals surface area contributed by atoms with Crippen molar-refractivity contribution < 1.29 is 19.2 Å². The topological polar surface area (TPSA) is 128 Å². The molecular weight excluding hydrogens is 556 g/mol. The number of anilines is 1. The average molecular weight is 591 g/mol. The molecule has 2 aliphatic heterocycles. The maximum absolute atomic E-state index is 13.3. The zero-order valence-electron chi connectivity index (χ0n) is 24.5. The second-order valence-electron chi connectivity index (χ2n) is 10.9. The predicted octanol–water partition coefficient (Wildman–Crippen LogP) is 3.32. The van der Waals surface area contributed by atoms with Crippen LogP contribution < -0.4 is 21.3 Å². The first-order valence-electron chi connectivity index (χ1n) is 14.7. The molecule has 4 aromatic rings. The van der Waals surface area contributed by atoms with Gasteiger partial charge in [0.05, 0.1) is 0 Å². The van der Waals surface area contributed by atoms with E-state index in [2.05, 4.69) is 10.6 Å². The summed E-state index contributed by atoms with van der Waals surface area (Å²) < 4.78 is 0. The van der Waals surface area contributed by atoms with E-state index in [0.717, 1.165) is 28.3 Å². The van der Waals surface area contributed by atoms with Gasteiger partial charge in [-0.15, -0.1) is 0 Å². The smallest absolute Gasteiger partial charge is 0.261 e. The number of carbonyl (C=O) groups excluding carboxylic acids is 4. The van der Waals surface area contributed by atoms with E-state index in [9.17, 15) is 19.2 Å². The molecule has 4 aromatic carbocycles. The van der Waals surface area contributed by atoms with Crippen molar-refractivity contribution in [3.8, 4) is 0 Å². The molecule has 2 aliphatic rings. The third-order valence-corrected chi connectivity index (χ3v) is 8.25. The van der Waals surface area contributed by atoms with Gasteiger partial charge in [-0.2, -0.15) is 0 Å². The maximum atomic E-state index is 13.3. The number of nitrogens with one attached hydrogen (secondary N) is 2. The van der Waals surface area contributed by atoms with Crippen molar-refractivity contribution in [2.45, 2.75) is 6.42 Å². The van der Waals surface area contributed by atoms with Crippen LogP contribution >= 0.6 is 0 Å². The molecule has 0 bridgehead atoms. The Morgan fingerprint density at radius 1 is 0.659 bits per heavy atom. The number of nitrogens with zero attached hydrogens (tertiary/aromatic N) is 3. The van der Waals surface area contributed by atoms with Gasteiger partial charge in [-0.25, -0.2) is 0 Å². The lowest BCUT2D eigenvalue weighted by Gasteiger charge is -2.28. The molecule has 0 spiro atoms. The van der Waals surface area contributed by atoms with Crippen LogP contribution in [-0.4, -0.2) is 79.7 Å². The number of imide groups is 2. The summed E-state index contributed by atoms with van der Waals surface area (Å²) in [6, 6.07) is 20.2. The van der Waals surface area contributed by atoms with Crippen LogP contribution in [0.1, 0.15) is 47.9 Å². The van der Waals surface area contributed by atoms with Gasteiger partial charge in [0, 0.05) is 89.7 Å². The van der Waals surface area contributed by atoms with Crippen molar-refractivity contribution in [3.05, 3.63) is 101 Å². The molecule has 0 atom stereocenters. The van der Waals surface area contributed by atoms with Crippen LogP contribution in [0, 0.1) is 0 Å². The molecule has 44 heavy (non-hydrogen) atoms. The van der Waals surface area contributed by atoms with Gasteiger partial charge in [-0.1, -0.05) is 36.4 Å². The number of nitrogens with two attached hydrogens (primary N) is 1. The Bertz CT molecular complexity index is 1760. The van der Waals surface area contributed by atoms with Crippen molar-refractivity contribution >= 4 is 50.9 Å². The number of hydrogen-bond acceptors (Lipinski definition) is 8. The zero-order valence-corrected chi connectivity index (χ0v) is 24.5. The van der Waals surface area contributed by atoms with Gasteiger partial charge in [-0.3, -0.25) is 29.0 Å². The highest BCUT2D eigenvalue weighted by atomic mass is 16.2. The van der Waals surface area contributed by atoms with E-state index in [4.69, 9.17) is 5.73 Å². The maximum Gasteiger partial charge on any atom is 0.261 e. The Labute approximate surface area is 255 Å². The zero-order chi connectivity index (χ0) is 30.8. The summed E-state index contributed by atoms with van der Waals surface area (Å²) in [7, 11) is 1.86. The molecule has 0 unspecified atom stereocenters. The van der Waals surface area contributed by atoms with Gasteiger partial charge in [0.15, 0.2) is 0 Å². The van der Waals surface area contributed by atoms with Gasteiger partial charge < -0.3 is 21.3 Å². The normalized spacial score (nSPS) is 14.5. The molecular formula is C34H34N6O4. The SMILES string of the molecule is CN(/C=C\N)c1ccc2c3c(cccc13)C(=O)N(CCNCCCNCCN1C(=O)c3cccc4cccc(c34)C1=O)C2=O. The Hall–Kier alpha value is -5.06. The molecule has 4 amide bonds. The molecule has 10 heteroatoms. The summed E-state index contributed by atoms with van der Waals surface area (Å²) in [5.41, 5.74) is 8.56. The third kappa shape index (κ3) is 5.08. The summed E-state index contributed by atoms with van der Waals surface area (Å²) in [5, 5.41) is 9.72. The van der Waals surface area contributed by atoms with Crippen molar-refractivity contribution in [2.75, 3.05) is 51.2 Å². The largest absolute Gasteiger partial charge is 0.403 e. The van der Waals surface area contributed by atoms with Crippen molar-refractivity contribution in [1.29, 1.82) is 0 Å². The van der Waals surface area contributed by atoms with Crippen LogP contribution in [0.5, 0.6) is 0 Å². The van der Waals surface area contributed by atoms with E-state index < -0.39 is 0 Å². The van der Waals surface area contributed by atoms with Crippen molar-refractivity contribution in [3.63, 3.8) is 0 Å². The van der Waals surface area contributed by atoms with Crippen LogP contribution in [0.15, 0.2) is 79.1 Å². The quantitative estimate of drug-likeness (QED) is 0.169. The highest BCUT2D eigenvalue weighted by molar-refractivity contribution is 6.27. The number of hydrogen-bond donors (Lipinski definition) is 3. The second-order valence-corrected chi connectivity index (χ2v) is 10.9. The van der Waals surface area contributed by atoms with Gasteiger partial charge in [-0.05, 0) is 55.2 Å². The molecule has 2 heterocycles. The van der Waals surface area contributed by atoms with E-state index >= 15 is 0 Å². The molecule has 224 valence electrons. The number of benzene rings is 4. The van der Waals surface area contributed by atoms with Gasteiger partial charge in [0.1, 0.15) is 0 Å². The fraction of sp³-hybridized carbons (Fsp3) is 0.235. The molecule has 0 fully saturated rings. The lowest BCUT2D eigenvalue weighted by molar-refractivity contribution is 0.0597. The van der Waals surface area contributed by atoms with Crippen LogP contribution in [0.2, 0.25) is 0 Å². The molecule has 0 radical (unpaired) electrons. The van der Waals surface area contributed by atoms with E-state index in [1.54, 1.807) is 30.5 Å². The Kier molecular flexibility index (Phi) is 8.10. The molecule has 0 saturated carbocycles. The average Bonchev–Trinajstić information content (AvgIpc) is 3.04. The summed E-state index contributed by atoms with van der Waals surface area (Å²) in [6.07, 6.45) is 3.96. The highest BCUT2D eigenvalue weighted by Gasteiger charge is 2.34. The first-order valence-corrected chi connectivity index (χ1v) is 14.7. The first kappa shape index (κ1) is 29.0. The molecule has 10 nitrogen and oxygen atoms in total. The minimum atomic E-state index is -0.300.